The smallest absolute Gasteiger partial charge is 0.00109 e. The van der Waals surface area contributed by atoms with Gasteiger partial charge in [-0.2, -0.15) is 0 Å². The highest BCUT2D eigenvalue weighted by Gasteiger charge is 2.41. The maximum atomic E-state index is 3.52. The average Bonchev–Trinajstić information content (AvgIpc) is 3.17. The van der Waals surface area contributed by atoms with Gasteiger partial charge < -0.3 is 5.32 Å². The third-order valence-corrected chi connectivity index (χ3v) is 4.15. The molecule has 94 valence electrons. The molecule has 0 radical (unpaired) electrons. The van der Waals surface area contributed by atoms with Crippen LogP contribution in [0.25, 0.3) is 10.8 Å². The van der Waals surface area contributed by atoms with Gasteiger partial charge in [-0.25, -0.2) is 0 Å². The molecular weight excluding hydrogens is 218 g/mol. The van der Waals surface area contributed by atoms with Gasteiger partial charge >= 0.3 is 0 Å². The quantitative estimate of drug-likeness (QED) is 0.837. The van der Waals surface area contributed by atoms with Crippen molar-refractivity contribution in [2.45, 2.75) is 26.2 Å². The number of hydrogen-bond acceptors (Lipinski definition) is 1. The Morgan fingerprint density at radius 1 is 1.06 bits per heavy atom. The first-order valence-corrected chi connectivity index (χ1v) is 7.00. The zero-order valence-corrected chi connectivity index (χ0v) is 11.1. The van der Waals surface area contributed by atoms with Crippen LogP contribution >= 0.6 is 0 Å². The van der Waals surface area contributed by atoms with Crippen LogP contribution in [0.5, 0.6) is 0 Å². The summed E-state index contributed by atoms with van der Waals surface area (Å²) in [5, 5.41) is 6.32. The van der Waals surface area contributed by atoms with Gasteiger partial charge in [-0.05, 0) is 47.6 Å². The van der Waals surface area contributed by atoms with E-state index in [0.717, 1.165) is 6.54 Å². The molecule has 2 aromatic carbocycles. The van der Waals surface area contributed by atoms with Crippen molar-refractivity contribution in [3.63, 3.8) is 0 Å². The topological polar surface area (TPSA) is 12.0 Å². The largest absolute Gasteiger partial charge is 0.316 e. The van der Waals surface area contributed by atoms with Gasteiger partial charge in [0.2, 0.25) is 0 Å². The Balaban J connectivity index is 1.87. The molecule has 0 saturated heterocycles. The number of rotatable bonds is 5. The molecule has 0 atom stereocenters. The second-order valence-electron chi connectivity index (χ2n) is 5.60. The van der Waals surface area contributed by atoms with Gasteiger partial charge in [0.15, 0.2) is 0 Å². The maximum Gasteiger partial charge on any atom is 0.00109 e. The second-order valence-corrected chi connectivity index (χ2v) is 5.60. The Bertz CT molecular complexity index is 535. The minimum atomic E-state index is 0.542. The van der Waals surface area contributed by atoms with E-state index in [9.17, 15) is 0 Å². The van der Waals surface area contributed by atoms with E-state index >= 15 is 0 Å². The summed E-state index contributed by atoms with van der Waals surface area (Å²) >= 11 is 0. The van der Waals surface area contributed by atoms with Gasteiger partial charge in [-0.15, -0.1) is 0 Å². The number of hydrogen-bond donors (Lipinski definition) is 1. The standard InChI is InChI=1S/C17H21N/c1-2-18-13-17(10-11-17)12-15-8-5-7-14-6-3-4-9-16(14)15/h3-9,18H,2,10-13H2,1H3. The van der Waals surface area contributed by atoms with Crippen molar-refractivity contribution < 1.29 is 0 Å². The molecule has 0 unspecified atom stereocenters. The molecule has 0 spiro atoms. The van der Waals surface area contributed by atoms with Crippen LogP contribution in [0.1, 0.15) is 25.3 Å². The lowest BCUT2D eigenvalue weighted by Crippen LogP contribution is -2.25. The summed E-state index contributed by atoms with van der Waals surface area (Å²) in [7, 11) is 0. The SMILES string of the molecule is CCNCC1(Cc2cccc3ccccc23)CC1. The molecule has 0 aliphatic heterocycles. The van der Waals surface area contributed by atoms with Gasteiger partial charge in [0.05, 0.1) is 0 Å². The average molecular weight is 239 g/mol. The molecule has 0 heterocycles. The van der Waals surface area contributed by atoms with Crippen molar-refractivity contribution in [1.82, 2.24) is 5.32 Å². The fraction of sp³-hybridized carbons (Fsp3) is 0.412. The summed E-state index contributed by atoms with van der Waals surface area (Å²) in [6, 6.07) is 15.4. The Hall–Kier alpha value is -1.34. The van der Waals surface area contributed by atoms with Gasteiger partial charge in [-0.3, -0.25) is 0 Å². The van der Waals surface area contributed by atoms with Crippen LogP contribution in [0.4, 0.5) is 0 Å². The van der Waals surface area contributed by atoms with Crippen LogP contribution in [-0.2, 0) is 6.42 Å². The minimum absolute atomic E-state index is 0.542. The van der Waals surface area contributed by atoms with Gasteiger partial charge in [0.1, 0.15) is 0 Å². The van der Waals surface area contributed by atoms with E-state index in [1.165, 1.54) is 42.1 Å². The molecule has 1 heteroatoms. The van der Waals surface area contributed by atoms with Crippen LogP contribution in [0.2, 0.25) is 0 Å². The van der Waals surface area contributed by atoms with E-state index in [-0.39, 0.29) is 0 Å². The summed E-state index contributed by atoms with van der Waals surface area (Å²) in [5.74, 6) is 0. The van der Waals surface area contributed by atoms with Crippen LogP contribution in [-0.4, -0.2) is 13.1 Å². The molecule has 1 aliphatic carbocycles. The predicted octanol–water partition coefficient (Wildman–Crippen LogP) is 3.77. The van der Waals surface area contributed by atoms with Gasteiger partial charge in [0.25, 0.3) is 0 Å². The first-order valence-electron chi connectivity index (χ1n) is 7.00. The van der Waals surface area contributed by atoms with Gasteiger partial charge in [-0.1, -0.05) is 49.4 Å². The molecule has 2 aromatic rings. The Morgan fingerprint density at radius 2 is 1.83 bits per heavy atom. The zero-order valence-electron chi connectivity index (χ0n) is 11.1. The van der Waals surface area contributed by atoms with E-state index in [4.69, 9.17) is 0 Å². The summed E-state index contributed by atoms with van der Waals surface area (Å²) in [6.45, 7) is 4.44. The molecular formula is C17H21N. The van der Waals surface area contributed by atoms with Crippen molar-refractivity contribution in [2.75, 3.05) is 13.1 Å². The molecule has 1 aliphatic rings. The van der Waals surface area contributed by atoms with Gasteiger partial charge in [0, 0.05) is 6.54 Å². The predicted molar refractivity (Wildman–Crippen MR) is 77.9 cm³/mol. The van der Waals surface area contributed by atoms with E-state index in [0.29, 0.717) is 5.41 Å². The van der Waals surface area contributed by atoms with Crippen molar-refractivity contribution in [1.29, 1.82) is 0 Å². The molecule has 0 amide bonds. The summed E-state index contributed by atoms with van der Waals surface area (Å²) in [4.78, 5) is 0. The molecule has 0 bridgehead atoms. The van der Waals surface area contributed by atoms with Crippen LogP contribution in [0.15, 0.2) is 42.5 Å². The Kier molecular flexibility index (Phi) is 3.09. The fourth-order valence-electron chi connectivity index (χ4n) is 2.83. The number of nitrogens with one attached hydrogen (secondary N) is 1. The van der Waals surface area contributed by atoms with Crippen molar-refractivity contribution >= 4 is 10.8 Å². The van der Waals surface area contributed by atoms with E-state index in [1.807, 2.05) is 0 Å². The monoisotopic (exact) mass is 239 g/mol. The van der Waals surface area contributed by atoms with E-state index in [1.54, 1.807) is 0 Å². The molecule has 1 fully saturated rings. The molecule has 0 aromatic heterocycles. The van der Waals surface area contributed by atoms with Crippen molar-refractivity contribution in [2.24, 2.45) is 5.41 Å². The highest BCUT2D eigenvalue weighted by atomic mass is 14.9. The highest BCUT2D eigenvalue weighted by molar-refractivity contribution is 5.85. The lowest BCUT2D eigenvalue weighted by molar-refractivity contribution is 0.464. The van der Waals surface area contributed by atoms with Crippen molar-refractivity contribution in [3.8, 4) is 0 Å². The fourth-order valence-corrected chi connectivity index (χ4v) is 2.83. The molecule has 1 nitrogen and oxygen atoms in total. The minimum Gasteiger partial charge on any atom is -0.316 e. The summed E-state index contributed by atoms with van der Waals surface area (Å²) in [5.41, 5.74) is 2.06. The number of fused-ring (bicyclic) bond motifs is 1. The van der Waals surface area contributed by atoms with E-state index < -0.39 is 0 Å². The maximum absolute atomic E-state index is 3.52. The first-order chi connectivity index (χ1) is 8.83. The zero-order chi connectivity index (χ0) is 12.4. The highest BCUT2D eigenvalue weighted by Crippen LogP contribution is 2.48. The molecule has 18 heavy (non-hydrogen) atoms. The first kappa shape index (κ1) is 11.7. The number of benzene rings is 2. The van der Waals surface area contributed by atoms with Crippen molar-refractivity contribution in [3.05, 3.63) is 48.0 Å². The summed E-state index contributed by atoms with van der Waals surface area (Å²) < 4.78 is 0. The normalized spacial score (nSPS) is 16.9. The lowest BCUT2D eigenvalue weighted by atomic mass is 9.92. The Morgan fingerprint density at radius 3 is 2.61 bits per heavy atom. The third kappa shape index (κ3) is 2.28. The second kappa shape index (κ2) is 4.74. The molecule has 1 saturated carbocycles. The molecule has 1 N–H and O–H groups in total. The van der Waals surface area contributed by atoms with E-state index in [2.05, 4.69) is 54.7 Å². The summed E-state index contributed by atoms with van der Waals surface area (Å²) in [6.07, 6.45) is 3.98. The van der Waals surface area contributed by atoms with Crippen LogP contribution in [0.3, 0.4) is 0 Å². The van der Waals surface area contributed by atoms with Crippen LogP contribution < -0.4 is 5.32 Å². The van der Waals surface area contributed by atoms with Crippen LogP contribution in [0, 0.1) is 5.41 Å². The third-order valence-electron chi connectivity index (χ3n) is 4.15. The lowest BCUT2D eigenvalue weighted by Gasteiger charge is -2.17. The Labute approximate surface area is 109 Å². The molecule has 3 rings (SSSR count).